The molecule has 0 aromatic rings. The molecular weight excluding hydrogens is 360 g/mol. The molecule has 0 aliphatic heterocycles. The topological polar surface area (TPSA) is 0 Å². The lowest BCUT2D eigenvalue weighted by Crippen LogP contribution is -2.50. The molecule has 4 rings (SSSR count). The van der Waals surface area contributed by atoms with E-state index < -0.39 is 0 Å². The van der Waals surface area contributed by atoms with Gasteiger partial charge in [-0.05, 0) is 97.7 Å². The van der Waals surface area contributed by atoms with Crippen LogP contribution in [0.1, 0.15) is 105 Å². The Labute approximate surface area is 180 Å². The Balaban J connectivity index is 1.49. The molecule has 0 radical (unpaired) electrons. The fourth-order valence-electron chi connectivity index (χ4n) is 8.64. The van der Waals surface area contributed by atoms with E-state index in [9.17, 15) is 0 Å². The van der Waals surface area contributed by atoms with E-state index in [1.54, 1.807) is 5.57 Å². The van der Waals surface area contributed by atoms with Gasteiger partial charge in [0.15, 0.2) is 0 Å². The van der Waals surface area contributed by atoms with E-state index in [1.807, 2.05) is 0 Å². The van der Waals surface area contributed by atoms with Crippen molar-refractivity contribution < 1.29 is 0 Å². The first-order chi connectivity index (χ1) is 13.3. The molecule has 3 saturated carbocycles. The summed E-state index contributed by atoms with van der Waals surface area (Å²) in [5.74, 6) is 5.62. The van der Waals surface area contributed by atoms with Crippen molar-refractivity contribution >= 4 is 11.6 Å². The minimum Gasteiger partial charge on any atom is -0.123 e. The minimum absolute atomic E-state index is 0.396. The number of allylic oxidation sites excluding steroid dienone is 2. The molecule has 0 nitrogen and oxygen atoms in total. The van der Waals surface area contributed by atoms with E-state index in [2.05, 4.69) is 40.7 Å². The fourth-order valence-corrected chi connectivity index (χ4v) is 8.92. The molecule has 0 amide bonds. The summed E-state index contributed by atoms with van der Waals surface area (Å²) in [6, 6.07) is 0. The van der Waals surface area contributed by atoms with E-state index in [1.165, 1.54) is 70.6 Å². The van der Waals surface area contributed by atoms with Crippen molar-refractivity contribution in [3.05, 3.63) is 11.6 Å². The first kappa shape index (κ1) is 21.3. The summed E-state index contributed by atoms with van der Waals surface area (Å²) in [7, 11) is 0. The van der Waals surface area contributed by atoms with Crippen LogP contribution in [0.2, 0.25) is 0 Å². The molecule has 3 fully saturated rings. The number of fused-ring (bicyclic) bond motifs is 5. The molecule has 0 aromatic carbocycles. The molecule has 1 heteroatoms. The molecule has 28 heavy (non-hydrogen) atoms. The van der Waals surface area contributed by atoms with Crippen LogP contribution in [0, 0.1) is 46.3 Å². The summed E-state index contributed by atoms with van der Waals surface area (Å²) in [4.78, 5) is 0. The maximum Gasteiger partial charge on any atom is 0.0373 e. The van der Waals surface area contributed by atoms with Crippen molar-refractivity contribution in [2.75, 3.05) is 0 Å². The lowest BCUT2D eigenvalue weighted by Gasteiger charge is -2.58. The summed E-state index contributed by atoms with van der Waals surface area (Å²) >= 11 is 6.56. The van der Waals surface area contributed by atoms with Gasteiger partial charge in [0.25, 0.3) is 0 Å². The zero-order valence-electron chi connectivity index (χ0n) is 19.3. The predicted molar refractivity (Wildman–Crippen MR) is 123 cm³/mol. The van der Waals surface area contributed by atoms with E-state index in [-0.39, 0.29) is 0 Å². The second-order valence-electron chi connectivity index (χ2n) is 12.1. The van der Waals surface area contributed by atoms with Crippen LogP contribution >= 0.6 is 11.6 Å². The molecule has 4 aliphatic rings. The second kappa shape index (κ2) is 7.94. The largest absolute Gasteiger partial charge is 0.123 e. The Hall–Kier alpha value is 0.0300. The molecule has 0 saturated heterocycles. The van der Waals surface area contributed by atoms with Crippen molar-refractivity contribution in [2.45, 2.75) is 111 Å². The quantitative estimate of drug-likeness (QED) is 0.317. The Morgan fingerprint density at radius 2 is 1.79 bits per heavy atom. The standard InChI is InChI=1S/C27H45Cl/c1-18(2)7-6-8-19(3)23-11-12-24-22-10-9-20-17-21(28)13-15-26(20,4)25(22)14-16-27(23,24)5/h9,18-19,21-25H,6-8,10-17H2,1-5H3/t19-,21+,22-,23-,24+,25-,26+,27-/m1/s1. The molecular formula is C27H45Cl. The number of halogens is 1. The highest BCUT2D eigenvalue weighted by atomic mass is 35.5. The molecule has 0 spiro atoms. The molecule has 0 heterocycles. The maximum atomic E-state index is 6.56. The van der Waals surface area contributed by atoms with Crippen molar-refractivity contribution in [2.24, 2.45) is 46.3 Å². The average molecular weight is 405 g/mol. The highest BCUT2D eigenvalue weighted by Gasteiger charge is 2.58. The molecule has 160 valence electrons. The van der Waals surface area contributed by atoms with E-state index in [4.69, 9.17) is 11.6 Å². The molecule has 0 bridgehead atoms. The van der Waals surface area contributed by atoms with E-state index in [0.717, 1.165) is 35.5 Å². The van der Waals surface area contributed by atoms with Gasteiger partial charge in [0.2, 0.25) is 0 Å². The van der Waals surface area contributed by atoms with Gasteiger partial charge in [-0.2, -0.15) is 0 Å². The van der Waals surface area contributed by atoms with Crippen LogP contribution in [-0.2, 0) is 0 Å². The first-order valence-electron chi connectivity index (χ1n) is 12.6. The molecule has 0 unspecified atom stereocenters. The summed E-state index contributed by atoms with van der Waals surface area (Å²) in [6.07, 6.45) is 18.0. The molecule has 0 aromatic heterocycles. The third-order valence-electron chi connectivity index (χ3n) is 10.2. The Morgan fingerprint density at radius 1 is 1.00 bits per heavy atom. The van der Waals surface area contributed by atoms with Gasteiger partial charge >= 0.3 is 0 Å². The number of rotatable bonds is 5. The number of alkyl halides is 1. The summed E-state index contributed by atoms with van der Waals surface area (Å²) in [5.41, 5.74) is 2.82. The van der Waals surface area contributed by atoms with Gasteiger partial charge in [-0.15, -0.1) is 11.6 Å². The Kier molecular flexibility index (Phi) is 6.03. The van der Waals surface area contributed by atoms with Crippen LogP contribution < -0.4 is 0 Å². The normalized spacial score (nSPS) is 46.5. The van der Waals surface area contributed by atoms with Gasteiger partial charge < -0.3 is 0 Å². The van der Waals surface area contributed by atoms with Gasteiger partial charge in [0, 0.05) is 5.38 Å². The van der Waals surface area contributed by atoms with Crippen molar-refractivity contribution in [1.82, 2.24) is 0 Å². The fraction of sp³-hybridized carbons (Fsp3) is 0.926. The van der Waals surface area contributed by atoms with Gasteiger partial charge in [-0.3, -0.25) is 0 Å². The van der Waals surface area contributed by atoms with Crippen LogP contribution in [0.15, 0.2) is 11.6 Å². The van der Waals surface area contributed by atoms with E-state index >= 15 is 0 Å². The van der Waals surface area contributed by atoms with Gasteiger partial charge in [-0.1, -0.05) is 65.5 Å². The average Bonchev–Trinajstić information content (AvgIpc) is 2.99. The van der Waals surface area contributed by atoms with Crippen LogP contribution in [0.25, 0.3) is 0 Å². The lowest BCUT2D eigenvalue weighted by atomic mass is 9.47. The smallest absolute Gasteiger partial charge is 0.0373 e. The number of hydrogen-bond donors (Lipinski definition) is 0. The summed E-state index contributed by atoms with van der Waals surface area (Å²) in [6.45, 7) is 12.7. The second-order valence-corrected chi connectivity index (χ2v) is 12.7. The van der Waals surface area contributed by atoms with Crippen LogP contribution in [-0.4, -0.2) is 5.38 Å². The van der Waals surface area contributed by atoms with Crippen molar-refractivity contribution in [3.8, 4) is 0 Å². The van der Waals surface area contributed by atoms with Gasteiger partial charge in [-0.25, -0.2) is 0 Å². The van der Waals surface area contributed by atoms with Crippen LogP contribution in [0.5, 0.6) is 0 Å². The summed E-state index contributed by atoms with van der Waals surface area (Å²) in [5, 5.41) is 0.396. The molecule has 0 N–H and O–H groups in total. The SMILES string of the molecule is CC(C)CCC[C@@H](C)[C@H]1CC[C@H]2[C@H]3CC=C4C[C@@H](Cl)CC[C@]4(C)[C@@H]3CC[C@]12C. The zero-order valence-corrected chi connectivity index (χ0v) is 20.0. The van der Waals surface area contributed by atoms with Crippen molar-refractivity contribution in [1.29, 1.82) is 0 Å². The Bertz CT molecular complexity index is 591. The highest BCUT2D eigenvalue weighted by Crippen LogP contribution is 2.67. The van der Waals surface area contributed by atoms with Crippen molar-refractivity contribution in [3.63, 3.8) is 0 Å². The summed E-state index contributed by atoms with van der Waals surface area (Å²) < 4.78 is 0. The van der Waals surface area contributed by atoms with Gasteiger partial charge in [0.1, 0.15) is 0 Å². The maximum absolute atomic E-state index is 6.56. The third-order valence-corrected chi connectivity index (χ3v) is 10.6. The number of hydrogen-bond acceptors (Lipinski definition) is 0. The molecule has 8 atom stereocenters. The minimum atomic E-state index is 0.396. The predicted octanol–water partition coefficient (Wildman–Crippen LogP) is 8.64. The monoisotopic (exact) mass is 404 g/mol. The molecule has 4 aliphatic carbocycles. The van der Waals surface area contributed by atoms with Crippen LogP contribution in [0.4, 0.5) is 0 Å². The highest BCUT2D eigenvalue weighted by molar-refractivity contribution is 6.20. The lowest BCUT2D eigenvalue weighted by molar-refractivity contribution is -0.0498. The first-order valence-corrected chi connectivity index (χ1v) is 13.0. The van der Waals surface area contributed by atoms with Gasteiger partial charge in [0.05, 0.1) is 0 Å². The van der Waals surface area contributed by atoms with Crippen LogP contribution in [0.3, 0.4) is 0 Å². The third kappa shape index (κ3) is 3.52. The zero-order chi connectivity index (χ0) is 20.1. The van der Waals surface area contributed by atoms with E-state index in [0.29, 0.717) is 16.2 Å². The Morgan fingerprint density at radius 3 is 2.54 bits per heavy atom.